The summed E-state index contributed by atoms with van der Waals surface area (Å²) in [5.41, 5.74) is 4.28. The summed E-state index contributed by atoms with van der Waals surface area (Å²) in [5, 5.41) is 0.618. The molecule has 0 saturated heterocycles. The van der Waals surface area contributed by atoms with Crippen LogP contribution >= 0.6 is 11.6 Å². The van der Waals surface area contributed by atoms with Gasteiger partial charge in [-0.2, -0.15) is 0 Å². The molecule has 2 atom stereocenters. The van der Waals surface area contributed by atoms with E-state index in [9.17, 15) is 4.79 Å². The standard InChI is InChI=1S/C22H21ClN4O2/c1-13(10-19(28)29-3)20-22-25-12-14(2)27(22)18-8-7-15(23)11-16(18)21(26-20)17-6-4-5-9-24-17/h4-9,11-13,20H,10H2,1-3H3/t13?,20-/m0/s1. The summed E-state index contributed by atoms with van der Waals surface area (Å²) in [6.45, 7) is 3.99. The molecule has 1 aromatic carbocycles. The summed E-state index contributed by atoms with van der Waals surface area (Å²) in [7, 11) is 1.40. The van der Waals surface area contributed by atoms with Crippen molar-refractivity contribution in [1.82, 2.24) is 14.5 Å². The van der Waals surface area contributed by atoms with E-state index in [0.717, 1.165) is 34.2 Å². The Morgan fingerprint density at radius 3 is 2.83 bits per heavy atom. The third kappa shape index (κ3) is 3.56. The van der Waals surface area contributed by atoms with Crippen LogP contribution in [0.5, 0.6) is 0 Å². The zero-order valence-corrected chi connectivity index (χ0v) is 17.2. The second kappa shape index (κ2) is 7.79. The molecule has 0 saturated carbocycles. The van der Waals surface area contributed by atoms with Gasteiger partial charge in [0.25, 0.3) is 0 Å². The Morgan fingerprint density at radius 1 is 1.28 bits per heavy atom. The third-order valence-corrected chi connectivity index (χ3v) is 5.35. The first-order valence-corrected chi connectivity index (χ1v) is 9.78. The molecule has 0 fully saturated rings. The summed E-state index contributed by atoms with van der Waals surface area (Å²) in [6, 6.07) is 11.1. The van der Waals surface area contributed by atoms with Gasteiger partial charge in [0, 0.05) is 28.7 Å². The molecule has 7 heteroatoms. The van der Waals surface area contributed by atoms with Crippen LogP contribution in [0.1, 0.15) is 42.2 Å². The number of pyridine rings is 1. The van der Waals surface area contributed by atoms with E-state index in [-0.39, 0.29) is 24.3 Å². The molecule has 1 aliphatic rings. The number of aromatic nitrogens is 3. The predicted octanol–water partition coefficient (Wildman–Crippen LogP) is 4.32. The van der Waals surface area contributed by atoms with Crippen LogP contribution in [0, 0.1) is 12.8 Å². The largest absolute Gasteiger partial charge is 0.469 e. The van der Waals surface area contributed by atoms with Crippen LogP contribution in [-0.4, -0.2) is 33.3 Å². The number of hydrogen-bond donors (Lipinski definition) is 0. The number of ether oxygens (including phenoxy) is 1. The number of aliphatic imine (C=N–C) groups is 1. The Bertz CT molecular complexity index is 1090. The molecular formula is C22H21ClN4O2. The van der Waals surface area contributed by atoms with Gasteiger partial charge in [0.2, 0.25) is 0 Å². The number of aryl methyl sites for hydroxylation is 1. The Labute approximate surface area is 174 Å². The molecule has 0 radical (unpaired) electrons. The van der Waals surface area contributed by atoms with E-state index >= 15 is 0 Å². The number of carbonyl (C=O) groups excluding carboxylic acids is 1. The SMILES string of the molecule is COC(=O)CC(C)[C@@H]1N=C(c2ccccn2)c2cc(Cl)ccc2-n2c(C)cnc21. The molecule has 3 aromatic rings. The van der Waals surface area contributed by atoms with Gasteiger partial charge in [-0.15, -0.1) is 0 Å². The summed E-state index contributed by atoms with van der Waals surface area (Å²) >= 11 is 6.35. The first-order valence-electron chi connectivity index (χ1n) is 9.40. The van der Waals surface area contributed by atoms with Crippen LogP contribution < -0.4 is 0 Å². The maximum atomic E-state index is 12.0. The predicted molar refractivity (Wildman–Crippen MR) is 112 cm³/mol. The van der Waals surface area contributed by atoms with E-state index in [1.807, 2.05) is 56.4 Å². The van der Waals surface area contributed by atoms with Gasteiger partial charge in [0.1, 0.15) is 11.9 Å². The molecule has 0 aliphatic carbocycles. The van der Waals surface area contributed by atoms with Gasteiger partial charge in [-0.1, -0.05) is 24.6 Å². The number of imidazole rings is 1. The van der Waals surface area contributed by atoms with Crippen LogP contribution in [0.4, 0.5) is 0 Å². The number of carbonyl (C=O) groups is 1. The average molecular weight is 409 g/mol. The number of fused-ring (bicyclic) bond motifs is 3. The summed E-state index contributed by atoms with van der Waals surface area (Å²) in [6.07, 6.45) is 3.81. The summed E-state index contributed by atoms with van der Waals surface area (Å²) in [4.78, 5) is 26.2. The van der Waals surface area contributed by atoms with Crippen LogP contribution in [-0.2, 0) is 9.53 Å². The number of nitrogens with zero attached hydrogens (tertiary/aromatic N) is 4. The van der Waals surface area contributed by atoms with E-state index in [1.165, 1.54) is 7.11 Å². The van der Waals surface area contributed by atoms with Gasteiger partial charge >= 0.3 is 5.97 Å². The lowest BCUT2D eigenvalue weighted by Gasteiger charge is -2.19. The van der Waals surface area contributed by atoms with E-state index in [1.54, 1.807) is 6.20 Å². The van der Waals surface area contributed by atoms with Gasteiger partial charge in [-0.3, -0.25) is 19.3 Å². The van der Waals surface area contributed by atoms with E-state index in [4.69, 9.17) is 21.3 Å². The molecule has 0 N–H and O–H groups in total. The fourth-order valence-corrected chi connectivity index (χ4v) is 3.86. The second-order valence-corrected chi connectivity index (χ2v) is 7.59. The highest BCUT2D eigenvalue weighted by Gasteiger charge is 2.32. The zero-order chi connectivity index (χ0) is 20.5. The third-order valence-electron chi connectivity index (χ3n) is 5.12. The summed E-state index contributed by atoms with van der Waals surface area (Å²) in [5.74, 6) is 0.395. The van der Waals surface area contributed by atoms with E-state index in [2.05, 4.69) is 14.5 Å². The number of esters is 1. The number of hydrogen-bond acceptors (Lipinski definition) is 5. The maximum Gasteiger partial charge on any atom is 0.305 e. The smallest absolute Gasteiger partial charge is 0.305 e. The maximum absolute atomic E-state index is 12.0. The Hall–Kier alpha value is -2.99. The number of halogens is 1. The van der Waals surface area contributed by atoms with E-state index in [0.29, 0.717) is 5.02 Å². The highest BCUT2D eigenvalue weighted by atomic mass is 35.5. The molecule has 1 aliphatic heterocycles. The van der Waals surface area contributed by atoms with Crippen LogP contribution in [0.3, 0.4) is 0 Å². The minimum absolute atomic E-state index is 0.119. The second-order valence-electron chi connectivity index (χ2n) is 7.15. The van der Waals surface area contributed by atoms with Crippen LogP contribution in [0.25, 0.3) is 5.69 Å². The highest BCUT2D eigenvalue weighted by molar-refractivity contribution is 6.31. The van der Waals surface area contributed by atoms with Crippen molar-refractivity contribution in [3.63, 3.8) is 0 Å². The van der Waals surface area contributed by atoms with Crippen molar-refractivity contribution in [2.75, 3.05) is 7.11 Å². The van der Waals surface area contributed by atoms with E-state index < -0.39 is 0 Å². The average Bonchev–Trinajstić information content (AvgIpc) is 3.03. The normalized spacial score (nSPS) is 16.3. The Morgan fingerprint density at radius 2 is 2.10 bits per heavy atom. The fraction of sp³-hybridized carbons (Fsp3) is 0.273. The molecule has 148 valence electrons. The number of methoxy groups -OCH3 is 1. The number of rotatable bonds is 4. The van der Waals surface area contributed by atoms with Gasteiger partial charge in [-0.25, -0.2) is 4.98 Å². The van der Waals surface area contributed by atoms with Crippen molar-refractivity contribution < 1.29 is 9.53 Å². The fourth-order valence-electron chi connectivity index (χ4n) is 3.68. The van der Waals surface area contributed by atoms with Crippen molar-refractivity contribution >= 4 is 23.3 Å². The lowest BCUT2D eigenvalue weighted by atomic mass is 9.97. The van der Waals surface area contributed by atoms with Crippen molar-refractivity contribution in [1.29, 1.82) is 0 Å². The van der Waals surface area contributed by atoms with Crippen LogP contribution in [0.15, 0.2) is 53.8 Å². The summed E-state index contributed by atoms with van der Waals surface area (Å²) < 4.78 is 6.97. The van der Waals surface area contributed by atoms with Gasteiger partial charge < -0.3 is 4.74 Å². The van der Waals surface area contributed by atoms with Gasteiger partial charge in [0.15, 0.2) is 0 Å². The molecule has 3 heterocycles. The molecule has 0 amide bonds. The van der Waals surface area contributed by atoms with Gasteiger partial charge in [-0.05, 0) is 43.2 Å². The molecule has 0 spiro atoms. The molecule has 2 aromatic heterocycles. The quantitative estimate of drug-likeness (QED) is 0.603. The first-order chi connectivity index (χ1) is 14.0. The molecule has 6 nitrogen and oxygen atoms in total. The lowest BCUT2D eigenvalue weighted by molar-refractivity contribution is -0.141. The first kappa shape index (κ1) is 19.3. The van der Waals surface area contributed by atoms with Crippen molar-refractivity contribution in [2.45, 2.75) is 26.3 Å². The lowest BCUT2D eigenvalue weighted by Crippen LogP contribution is -2.17. The molecule has 29 heavy (non-hydrogen) atoms. The molecule has 0 bridgehead atoms. The van der Waals surface area contributed by atoms with Crippen molar-refractivity contribution in [2.24, 2.45) is 10.9 Å². The zero-order valence-electron chi connectivity index (χ0n) is 16.5. The van der Waals surface area contributed by atoms with Crippen LogP contribution in [0.2, 0.25) is 5.02 Å². The minimum atomic E-state index is -0.342. The Balaban J connectivity index is 1.97. The minimum Gasteiger partial charge on any atom is -0.469 e. The molecular weight excluding hydrogens is 388 g/mol. The van der Waals surface area contributed by atoms with Gasteiger partial charge in [0.05, 0.1) is 30.6 Å². The van der Waals surface area contributed by atoms with Crippen molar-refractivity contribution in [3.8, 4) is 5.69 Å². The number of benzene rings is 1. The monoisotopic (exact) mass is 408 g/mol. The Kier molecular flexibility index (Phi) is 5.20. The molecule has 4 rings (SSSR count). The molecule has 1 unspecified atom stereocenters. The van der Waals surface area contributed by atoms with Crippen molar-refractivity contribution in [3.05, 3.63) is 76.6 Å². The highest BCUT2D eigenvalue weighted by Crippen LogP contribution is 2.36. The topological polar surface area (TPSA) is 69.4 Å².